The number of aliphatic hydroxyl groups excluding tert-OH is 1. The molecule has 3 N–H and O–H groups in total. The fourth-order valence-corrected chi connectivity index (χ4v) is 2.47. The molecule has 0 saturated heterocycles. The number of carbonyl (C=O) groups excluding carboxylic acids is 2. The first-order valence-electron chi connectivity index (χ1n) is 10.5. The molecule has 2 amide bonds. The summed E-state index contributed by atoms with van der Waals surface area (Å²) in [5, 5.41) is 12.9. The van der Waals surface area contributed by atoms with Crippen molar-refractivity contribution in [2.24, 2.45) is 17.3 Å². The number of rotatable bonds is 13. The SMILES string of the molecule is CC(C)CCCNC(=O)C(C)(C)CCOC(C)(C)CC(=O)NCC(C)C.CO. The summed E-state index contributed by atoms with van der Waals surface area (Å²) >= 11 is 0. The molecule has 0 fully saturated rings. The number of hydrogen-bond acceptors (Lipinski definition) is 4. The summed E-state index contributed by atoms with van der Waals surface area (Å²) in [4.78, 5) is 24.3. The molecule has 0 unspecified atom stereocenters. The van der Waals surface area contributed by atoms with E-state index in [0.717, 1.165) is 26.5 Å². The first kappa shape index (κ1) is 29.1. The number of ether oxygens (including phenoxy) is 1. The van der Waals surface area contributed by atoms with E-state index in [0.29, 0.717) is 37.8 Å². The van der Waals surface area contributed by atoms with Crippen molar-refractivity contribution >= 4 is 11.8 Å². The lowest BCUT2D eigenvalue weighted by Crippen LogP contribution is -2.40. The van der Waals surface area contributed by atoms with Crippen molar-refractivity contribution in [3.05, 3.63) is 0 Å². The third-order valence-corrected chi connectivity index (χ3v) is 4.37. The predicted octanol–water partition coefficient (Wildman–Crippen LogP) is 3.52. The standard InChI is InChI=1S/C21H42N2O3.CH4O/c1-16(2)10-9-12-22-19(25)20(5,6)11-13-26-21(7,8)14-18(24)23-15-17(3)4;1-2/h16-17H,9-15H2,1-8H3,(H,22,25)(H,23,24);2H,1H3. The Morgan fingerprint density at radius 2 is 1.54 bits per heavy atom. The van der Waals surface area contributed by atoms with Gasteiger partial charge in [0.1, 0.15) is 0 Å². The third-order valence-electron chi connectivity index (χ3n) is 4.37. The summed E-state index contributed by atoms with van der Waals surface area (Å²) in [6.45, 7) is 18.1. The van der Waals surface area contributed by atoms with Gasteiger partial charge in [-0.25, -0.2) is 0 Å². The molecule has 0 aromatic heterocycles. The van der Waals surface area contributed by atoms with Crippen LogP contribution in [0.4, 0.5) is 0 Å². The zero-order valence-corrected chi connectivity index (χ0v) is 19.8. The fraction of sp³-hybridized carbons (Fsp3) is 0.909. The van der Waals surface area contributed by atoms with E-state index in [1.165, 1.54) is 0 Å². The quantitative estimate of drug-likeness (QED) is 0.411. The van der Waals surface area contributed by atoms with Crippen molar-refractivity contribution in [1.29, 1.82) is 0 Å². The summed E-state index contributed by atoms with van der Waals surface area (Å²) in [5.41, 5.74) is -1.02. The van der Waals surface area contributed by atoms with E-state index in [1.54, 1.807) is 0 Å². The van der Waals surface area contributed by atoms with Crippen molar-refractivity contribution in [3.8, 4) is 0 Å². The molecule has 0 atom stereocenters. The van der Waals surface area contributed by atoms with Gasteiger partial charge in [0.05, 0.1) is 12.0 Å². The van der Waals surface area contributed by atoms with Gasteiger partial charge in [0.15, 0.2) is 0 Å². The number of nitrogens with one attached hydrogen (secondary N) is 2. The highest BCUT2D eigenvalue weighted by Crippen LogP contribution is 2.23. The van der Waals surface area contributed by atoms with E-state index < -0.39 is 11.0 Å². The number of amides is 2. The van der Waals surface area contributed by atoms with Crippen LogP contribution in [0.5, 0.6) is 0 Å². The van der Waals surface area contributed by atoms with Crippen LogP contribution < -0.4 is 10.6 Å². The lowest BCUT2D eigenvalue weighted by molar-refractivity contribution is -0.133. The highest BCUT2D eigenvalue weighted by atomic mass is 16.5. The van der Waals surface area contributed by atoms with Gasteiger partial charge < -0.3 is 20.5 Å². The minimum atomic E-state index is -0.537. The van der Waals surface area contributed by atoms with Crippen LogP contribution in [-0.4, -0.2) is 49.3 Å². The van der Waals surface area contributed by atoms with Crippen LogP contribution in [0.25, 0.3) is 0 Å². The summed E-state index contributed by atoms with van der Waals surface area (Å²) in [7, 11) is 1.00. The van der Waals surface area contributed by atoms with Crippen molar-refractivity contribution in [2.45, 2.75) is 86.7 Å². The van der Waals surface area contributed by atoms with Gasteiger partial charge in [0, 0.05) is 32.2 Å². The van der Waals surface area contributed by atoms with Crippen molar-refractivity contribution in [2.75, 3.05) is 26.8 Å². The second-order valence-corrected chi connectivity index (χ2v) is 9.41. The van der Waals surface area contributed by atoms with Crippen molar-refractivity contribution in [1.82, 2.24) is 10.6 Å². The maximum atomic E-state index is 12.4. The number of carbonyl (C=O) groups is 2. The van der Waals surface area contributed by atoms with Gasteiger partial charge in [0.2, 0.25) is 11.8 Å². The van der Waals surface area contributed by atoms with Gasteiger partial charge in [-0.2, -0.15) is 0 Å². The Hall–Kier alpha value is -1.14. The Morgan fingerprint density at radius 1 is 0.964 bits per heavy atom. The Labute approximate surface area is 173 Å². The second kappa shape index (κ2) is 14.8. The molecule has 0 aromatic carbocycles. The molecule has 6 nitrogen and oxygen atoms in total. The van der Waals surface area contributed by atoms with E-state index in [2.05, 4.69) is 38.3 Å². The molecule has 6 heteroatoms. The first-order chi connectivity index (χ1) is 12.9. The van der Waals surface area contributed by atoms with Crippen molar-refractivity contribution in [3.63, 3.8) is 0 Å². The van der Waals surface area contributed by atoms with Gasteiger partial charge in [-0.3, -0.25) is 9.59 Å². The molecule has 0 radical (unpaired) electrons. The first-order valence-corrected chi connectivity index (χ1v) is 10.5. The van der Waals surface area contributed by atoms with E-state index >= 15 is 0 Å². The molecule has 0 spiro atoms. The lowest BCUT2D eigenvalue weighted by atomic mass is 9.88. The number of aliphatic hydroxyl groups is 1. The van der Waals surface area contributed by atoms with Gasteiger partial charge in [-0.1, -0.05) is 41.5 Å². The average Bonchev–Trinajstić information content (AvgIpc) is 2.57. The monoisotopic (exact) mass is 402 g/mol. The molecule has 0 aliphatic carbocycles. The minimum Gasteiger partial charge on any atom is -0.400 e. The Bertz CT molecular complexity index is 432. The Kier molecular flexibility index (Phi) is 15.4. The summed E-state index contributed by atoms with van der Waals surface area (Å²) in [6, 6.07) is 0. The summed E-state index contributed by atoms with van der Waals surface area (Å²) in [6.07, 6.45) is 3.08. The maximum Gasteiger partial charge on any atom is 0.225 e. The van der Waals surface area contributed by atoms with Crippen LogP contribution in [0, 0.1) is 17.3 Å². The summed E-state index contributed by atoms with van der Waals surface area (Å²) in [5.74, 6) is 1.17. The van der Waals surface area contributed by atoms with Crippen LogP contribution in [0.3, 0.4) is 0 Å². The highest BCUT2D eigenvalue weighted by Gasteiger charge is 2.29. The molecule has 28 heavy (non-hydrogen) atoms. The molecular formula is C22H46N2O4. The topological polar surface area (TPSA) is 87.7 Å². The molecule has 0 aliphatic rings. The Balaban J connectivity index is 0. The molecule has 0 bridgehead atoms. The summed E-state index contributed by atoms with van der Waals surface area (Å²) < 4.78 is 5.91. The van der Waals surface area contributed by atoms with E-state index in [9.17, 15) is 9.59 Å². The van der Waals surface area contributed by atoms with Crippen LogP contribution in [0.1, 0.15) is 81.1 Å². The normalized spacial score (nSPS) is 11.9. The minimum absolute atomic E-state index is 0.00542. The smallest absolute Gasteiger partial charge is 0.225 e. The Morgan fingerprint density at radius 3 is 2.04 bits per heavy atom. The van der Waals surface area contributed by atoms with E-state index in [1.807, 2.05) is 27.7 Å². The van der Waals surface area contributed by atoms with Gasteiger partial charge >= 0.3 is 0 Å². The molecule has 0 aliphatic heterocycles. The van der Waals surface area contributed by atoms with Crippen LogP contribution >= 0.6 is 0 Å². The van der Waals surface area contributed by atoms with Gasteiger partial charge in [-0.05, 0) is 44.9 Å². The molecule has 0 heterocycles. The number of hydrogen-bond donors (Lipinski definition) is 3. The maximum absolute atomic E-state index is 12.4. The van der Waals surface area contributed by atoms with Crippen molar-refractivity contribution < 1.29 is 19.4 Å². The highest BCUT2D eigenvalue weighted by molar-refractivity contribution is 5.81. The van der Waals surface area contributed by atoms with Crippen LogP contribution in [-0.2, 0) is 14.3 Å². The molecule has 168 valence electrons. The van der Waals surface area contributed by atoms with Crippen LogP contribution in [0.15, 0.2) is 0 Å². The zero-order valence-electron chi connectivity index (χ0n) is 19.8. The average molecular weight is 403 g/mol. The van der Waals surface area contributed by atoms with E-state index in [-0.39, 0.29) is 11.8 Å². The third kappa shape index (κ3) is 15.9. The molecule has 0 rings (SSSR count). The fourth-order valence-electron chi connectivity index (χ4n) is 2.47. The predicted molar refractivity (Wildman–Crippen MR) is 116 cm³/mol. The largest absolute Gasteiger partial charge is 0.400 e. The van der Waals surface area contributed by atoms with Crippen LogP contribution in [0.2, 0.25) is 0 Å². The molecule has 0 aromatic rings. The van der Waals surface area contributed by atoms with Gasteiger partial charge in [-0.15, -0.1) is 0 Å². The van der Waals surface area contributed by atoms with Gasteiger partial charge in [0.25, 0.3) is 0 Å². The molecular weight excluding hydrogens is 356 g/mol. The molecule has 0 saturated carbocycles. The zero-order chi connectivity index (χ0) is 22.4. The van der Waals surface area contributed by atoms with E-state index in [4.69, 9.17) is 9.84 Å². The lowest BCUT2D eigenvalue weighted by Gasteiger charge is -2.28. The second-order valence-electron chi connectivity index (χ2n) is 9.41.